The first-order valence-corrected chi connectivity index (χ1v) is 11.0. The lowest BCUT2D eigenvalue weighted by atomic mass is 10.1. The molecule has 8 nitrogen and oxygen atoms in total. The Morgan fingerprint density at radius 3 is 2.81 bits per heavy atom. The minimum absolute atomic E-state index is 0.0283. The van der Waals surface area contributed by atoms with Crippen molar-refractivity contribution in [2.45, 2.75) is 19.0 Å². The lowest BCUT2D eigenvalue weighted by molar-refractivity contribution is -0.120. The number of fused-ring (bicyclic) bond motifs is 1. The number of carboxylic acids is 1. The highest BCUT2D eigenvalue weighted by Crippen LogP contribution is 2.33. The number of hydrogen-bond donors (Lipinski definition) is 2. The molecule has 0 fully saturated rings. The maximum atomic E-state index is 12.9. The first kappa shape index (κ1) is 22.0. The number of nitrogens with zero attached hydrogens (tertiary/aromatic N) is 3. The van der Waals surface area contributed by atoms with Crippen LogP contribution in [0.4, 0.5) is 5.69 Å². The summed E-state index contributed by atoms with van der Waals surface area (Å²) in [5.74, 6) is -0.537. The second-order valence-electron chi connectivity index (χ2n) is 7.57. The van der Waals surface area contributed by atoms with Gasteiger partial charge in [0.25, 0.3) is 0 Å². The zero-order chi connectivity index (χ0) is 22.7. The molecule has 0 aliphatic carbocycles. The van der Waals surface area contributed by atoms with Crippen LogP contribution < -0.4 is 15.0 Å². The summed E-state index contributed by atoms with van der Waals surface area (Å²) in [6, 6.07) is 14.7. The molecular weight excluding hydrogens is 476 g/mol. The van der Waals surface area contributed by atoms with Crippen LogP contribution in [0, 0.1) is 0 Å². The van der Waals surface area contributed by atoms with Crippen molar-refractivity contribution in [3.05, 3.63) is 76.0 Å². The molecule has 1 aliphatic heterocycles. The number of rotatable bonds is 7. The highest BCUT2D eigenvalue weighted by molar-refractivity contribution is 9.10. The van der Waals surface area contributed by atoms with E-state index in [1.807, 2.05) is 48.5 Å². The van der Waals surface area contributed by atoms with Crippen molar-refractivity contribution < 1.29 is 19.4 Å². The second-order valence-corrected chi connectivity index (χ2v) is 8.48. The number of amides is 1. The Labute approximate surface area is 193 Å². The van der Waals surface area contributed by atoms with E-state index in [0.29, 0.717) is 36.5 Å². The summed E-state index contributed by atoms with van der Waals surface area (Å²) in [6.07, 6.45) is 2.17. The van der Waals surface area contributed by atoms with E-state index in [4.69, 9.17) is 4.74 Å². The molecule has 3 aromatic rings. The first-order chi connectivity index (χ1) is 15.4. The lowest BCUT2D eigenvalue weighted by Crippen LogP contribution is -2.47. The fourth-order valence-corrected chi connectivity index (χ4v) is 4.02. The third-order valence-electron chi connectivity index (χ3n) is 5.33. The zero-order valence-electron chi connectivity index (χ0n) is 17.5. The van der Waals surface area contributed by atoms with Gasteiger partial charge in [-0.05, 0) is 30.2 Å². The molecule has 1 atom stereocenters. The summed E-state index contributed by atoms with van der Waals surface area (Å²) in [7, 11) is 1.72. The van der Waals surface area contributed by atoms with E-state index in [1.54, 1.807) is 22.8 Å². The number of hydrogen-bond acceptors (Lipinski definition) is 5. The average Bonchev–Trinajstić information content (AvgIpc) is 3.14. The molecule has 1 aliphatic rings. The molecule has 32 heavy (non-hydrogen) atoms. The van der Waals surface area contributed by atoms with Gasteiger partial charge in [-0.25, -0.2) is 4.79 Å². The van der Waals surface area contributed by atoms with Crippen molar-refractivity contribution in [1.82, 2.24) is 15.1 Å². The molecule has 1 aromatic heterocycles. The van der Waals surface area contributed by atoms with Crippen LogP contribution in [0.3, 0.4) is 0 Å². The van der Waals surface area contributed by atoms with E-state index < -0.39 is 12.0 Å². The number of carboxylic acid groups (broad SMARTS) is 1. The standard InChI is InChI=1S/C23H23BrN4O4/c1-27-19-11-17(24)7-8-20(19)32-14-18(22(27)29)25-10-9-16-13-28(26-21(16)23(30)31)12-15-5-3-2-4-6-15/h2-8,11,13,18,25H,9-10,12,14H2,1H3,(H,30,31). The minimum Gasteiger partial charge on any atom is -0.489 e. The maximum absolute atomic E-state index is 12.9. The summed E-state index contributed by atoms with van der Waals surface area (Å²) in [4.78, 5) is 26.1. The normalized spacial score (nSPS) is 15.8. The monoisotopic (exact) mass is 498 g/mol. The summed E-state index contributed by atoms with van der Waals surface area (Å²) in [6.45, 7) is 1.09. The van der Waals surface area contributed by atoms with Gasteiger partial charge < -0.3 is 20.1 Å². The van der Waals surface area contributed by atoms with Gasteiger partial charge >= 0.3 is 5.97 Å². The van der Waals surface area contributed by atoms with Gasteiger partial charge in [0.05, 0.1) is 12.2 Å². The maximum Gasteiger partial charge on any atom is 0.356 e. The molecule has 1 amide bonds. The molecule has 166 valence electrons. The van der Waals surface area contributed by atoms with Crippen LogP contribution in [-0.4, -0.2) is 53.0 Å². The third-order valence-corrected chi connectivity index (χ3v) is 5.82. The molecule has 2 aromatic carbocycles. The van der Waals surface area contributed by atoms with E-state index in [1.165, 1.54) is 0 Å². The SMILES string of the molecule is CN1C(=O)C(NCCc2cn(Cc3ccccc3)nc2C(=O)O)COc2ccc(Br)cc21. The highest BCUT2D eigenvalue weighted by Gasteiger charge is 2.29. The second kappa shape index (κ2) is 9.54. The van der Waals surface area contributed by atoms with E-state index >= 15 is 0 Å². The van der Waals surface area contributed by atoms with Gasteiger partial charge in [0.1, 0.15) is 18.4 Å². The Bertz CT molecular complexity index is 1130. The van der Waals surface area contributed by atoms with Crippen LogP contribution in [0.2, 0.25) is 0 Å². The van der Waals surface area contributed by atoms with Gasteiger partial charge in [0.15, 0.2) is 5.69 Å². The van der Waals surface area contributed by atoms with Crippen LogP contribution in [0.5, 0.6) is 5.75 Å². The van der Waals surface area contributed by atoms with Crippen molar-refractivity contribution in [3.63, 3.8) is 0 Å². The highest BCUT2D eigenvalue weighted by atomic mass is 79.9. The third kappa shape index (κ3) is 4.84. The van der Waals surface area contributed by atoms with E-state index in [9.17, 15) is 14.7 Å². The quantitative estimate of drug-likeness (QED) is 0.519. The summed E-state index contributed by atoms with van der Waals surface area (Å²) in [5.41, 5.74) is 2.38. The van der Waals surface area contributed by atoms with Crippen molar-refractivity contribution >= 4 is 33.5 Å². The molecule has 9 heteroatoms. The smallest absolute Gasteiger partial charge is 0.356 e. The first-order valence-electron chi connectivity index (χ1n) is 10.2. The largest absolute Gasteiger partial charge is 0.489 e. The Morgan fingerprint density at radius 2 is 2.06 bits per heavy atom. The summed E-state index contributed by atoms with van der Waals surface area (Å²) in [5, 5.41) is 17.0. The van der Waals surface area contributed by atoms with Gasteiger partial charge in [-0.3, -0.25) is 9.48 Å². The van der Waals surface area contributed by atoms with E-state index in [-0.39, 0.29) is 18.2 Å². The lowest BCUT2D eigenvalue weighted by Gasteiger charge is -2.20. The van der Waals surface area contributed by atoms with Crippen molar-refractivity contribution in [2.24, 2.45) is 0 Å². The van der Waals surface area contributed by atoms with Gasteiger partial charge in [-0.1, -0.05) is 46.3 Å². The number of halogens is 1. The molecular formula is C23H23BrN4O4. The van der Waals surface area contributed by atoms with Crippen molar-refractivity contribution in [1.29, 1.82) is 0 Å². The van der Waals surface area contributed by atoms with Crippen molar-refractivity contribution in [3.8, 4) is 5.75 Å². The number of likely N-dealkylation sites (N-methyl/N-ethyl adjacent to an activating group) is 1. The Balaban J connectivity index is 1.42. The van der Waals surface area contributed by atoms with Crippen molar-refractivity contribution in [2.75, 3.05) is 25.1 Å². The molecule has 2 N–H and O–H groups in total. The zero-order valence-corrected chi connectivity index (χ0v) is 19.1. The molecule has 2 heterocycles. The Kier molecular flexibility index (Phi) is 6.57. The predicted molar refractivity (Wildman–Crippen MR) is 123 cm³/mol. The minimum atomic E-state index is -1.07. The van der Waals surface area contributed by atoms with Gasteiger partial charge in [0.2, 0.25) is 5.91 Å². The number of benzene rings is 2. The topological polar surface area (TPSA) is 96.7 Å². The van der Waals surface area contributed by atoms with E-state index in [2.05, 4.69) is 26.3 Å². The molecule has 0 spiro atoms. The Morgan fingerprint density at radius 1 is 1.28 bits per heavy atom. The number of anilines is 1. The average molecular weight is 499 g/mol. The molecule has 0 saturated heterocycles. The van der Waals surface area contributed by atoms with Gasteiger partial charge in [-0.15, -0.1) is 0 Å². The van der Waals surface area contributed by atoms with Gasteiger partial charge in [0, 0.05) is 29.8 Å². The molecule has 0 saturated carbocycles. The van der Waals surface area contributed by atoms with E-state index in [0.717, 1.165) is 10.0 Å². The number of aromatic nitrogens is 2. The molecule has 0 bridgehead atoms. The van der Waals surface area contributed by atoms with Crippen LogP contribution in [0.25, 0.3) is 0 Å². The Hall–Kier alpha value is -3.17. The van der Waals surface area contributed by atoms with Crippen LogP contribution >= 0.6 is 15.9 Å². The van der Waals surface area contributed by atoms with Gasteiger partial charge in [-0.2, -0.15) is 5.10 Å². The molecule has 1 unspecified atom stereocenters. The van der Waals surface area contributed by atoms with Crippen LogP contribution in [0.15, 0.2) is 59.2 Å². The van der Waals surface area contributed by atoms with Crippen LogP contribution in [-0.2, 0) is 17.8 Å². The number of carbonyl (C=O) groups excluding carboxylic acids is 1. The summed E-state index contributed by atoms with van der Waals surface area (Å²) >= 11 is 3.42. The fourth-order valence-electron chi connectivity index (χ4n) is 3.68. The van der Waals surface area contributed by atoms with Crippen LogP contribution in [0.1, 0.15) is 21.6 Å². The molecule has 4 rings (SSSR count). The number of aromatic carboxylic acids is 1. The molecule has 0 radical (unpaired) electrons. The number of ether oxygens (including phenoxy) is 1. The number of nitrogens with one attached hydrogen (secondary N) is 1. The fraction of sp³-hybridized carbons (Fsp3) is 0.261. The predicted octanol–water partition coefficient (Wildman–Crippen LogP) is 2.95. The number of carbonyl (C=O) groups is 2. The summed E-state index contributed by atoms with van der Waals surface area (Å²) < 4.78 is 8.33.